The fourth-order valence-electron chi connectivity index (χ4n) is 4.66. The molecule has 2 rings (SSSR count). The van der Waals surface area contributed by atoms with Crippen molar-refractivity contribution in [1.29, 1.82) is 5.26 Å². The van der Waals surface area contributed by atoms with E-state index in [4.69, 9.17) is 10.00 Å². The summed E-state index contributed by atoms with van der Waals surface area (Å²) in [6, 6.07) is 1.58. The number of hydrogen-bond acceptors (Lipinski definition) is 2. The van der Waals surface area contributed by atoms with Crippen molar-refractivity contribution in [3.05, 3.63) is 11.9 Å². The molecule has 2 aliphatic carbocycles. The van der Waals surface area contributed by atoms with E-state index in [0.717, 1.165) is 44.1 Å². The van der Waals surface area contributed by atoms with Crippen LogP contribution in [0, 0.1) is 29.1 Å². The van der Waals surface area contributed by atoms with Crippen LogP contribution in [0.3, 0.4) is 0 Å². The van der Waals surface area contributed by atoms with Crippen LogP contribution in [0.1, 0.15) is 96.8 Å². The van der Waals surface area contributed by atoms with Crippen LogP contribution in [0.4, 0.5) is 4.39 Å². The molecule has 0 atom stereocenters. The number of hydrogen-bond donors (Lipinski definition) is 0. The fourth-order valence-corrected chi connectivity index (χ4v) is 4.66. The average molecular weight is 364 g/mol. The van der Waals surface area contributed by atoms with Gasteiger partial charge in [-0.3, -0.25) is 0 Å². The molecule has 0 unspecified atom stereocenters. The van der Waals surface area contributed by atoms with Gasteiger partial charge in [-0.15, -0.1) is 0 Å². The van der Waals surface area contributed by atoms with E-state index in [0.29, 0.717) is 6.10 Å². The van der Waals surface area contributed by atoms with Gasteiger partial charge in [-0.05, 0) is 62.4 Å². The van der Waals surface area contributed by atoms with Gasteiger partial charge < -0.3 is 4.74 Å². The summed E-state index contributed by atoms with van der Waals surface area (Å²) in [7, 11) is 0. The molecular formula is C23H38FNO. The van der Waals surface area contributed by atoms with Crippen LogP contribution in [0.5, 0.6) is 0 Å². The minimum Gasteiger partial charge on any atom is -0.378 e. The fraction of sp³-hybridized carbons (Fsp3) is 0.870. The van der Waals surface area contributed by atoms with Gasteiger partial charge in [0.2, 0.25) is 0 Å². The van der Waals surface area contributed by atoms with Gasteiger partial charge in [0.15, 0.2) is 5.83 Å². The van der Waals surface area contributed by atoms with E-state index in [-0.39, 0.29) is 5.92 Å². The van der Waals surface area contributed by atoms with Gasteiger partial charge in [0, 0.05) is 6.61 Å². The highest BCUT2D eigenvalue weighted by Crippen LogP contribution is 2.34. The van der Waals surface area contributed by atoms with Crippen LogP contribution in [-0.2, 0) is 4.74 Å². The average Bonchev–Trinajstić information content (AvgIpc) is 2.68. The van der Waals surface area contributed by atoms with Gasteiger partial charge in [-0.25, -0.2) is 0 Å². The number of nitriles is 1. The second-order valence-electron chi connectivity index (χ2n) is 8.59. The molecule has 0 aromatic rings. The third-order valence-electron chi connectivity index (χ3n) is 6.46. The van der Waals surface area contributed by atoms with E-state index in [9.17, 15) is 4.39 Å². The predicted molar refractivity (Wildman–Crippen MR) is 105 cm³/mol. The lowest BCUT2D eigenvalue weighted by molar-refractivity contribution is -0.00672. The third kappa shape index (κ3) is 8.21. The predicted octanol–water partition coefficient (Wildman–Crippen LogP) is 7.11. The molecule has 0 radical (unpaired) electrons. The van der Waals surface area contributed by atoms with E-state index >= 15 is 0 Å². The summed E-state index contributed by atoms with van der Waals surface area (Å²) in [6.45, 7) is 3.20. The Kier molecular flexibility index (Phi) is 10.3. The number of rotatable bonds is 10. The molecule has 0 heterocycles. The Morgan fingerprint density at radius 1 is 0.962 bits per heavy atom. The van der Waals surface area contributed by atoms with Crippen molar-refractivity contribution in [3.63, 3.8) is 0 Å². The van der Waals surface area contributed by atoms with E-state index in [2.05, 4.69) is 6.92 Å². The molecule has 0 saturated heterocycles. The molecular weight excluding hydrogens is 325 g/mol. The van der Waals surface area contributed by atoms with E-state index in [1.807, 2.05) is 0 Å². The van der Waals surface area contributed by atoms with Gasteiger partial charge in [0.25, 0.3) is 0 Å². The molecule has 0 spiro atoms. The Bertz CT molecular complexity index is 440. The van der Waals surface area contributed by atoms with E-state index in [1.54, 1.807) is 6.07 Å². The molecule has 148 valence electrons. The highest BCUT2D eigenvalue weighted by atomic mass is 19.1. The molecule has 3 heteroatoms. The highest BCUT2D eigenvalue weighted by Gasteiger charge is 2.24. The number of ether oxygens (including phenoxy) is 1. The Hall–Kier alpha value is -0.880. The first-order chi connectivity index (χ1) is 12.7. The first-order valence-corrected chi connectivity index (χ1v) is 11.1. The van der Waals surface area contributed by atoms with Crippen molar-refractivity contribution in [2.45, 2.75) is 103 Å². The van der Waals surface area contributed by atoms with Gasteiger partial charge in [0.05, 0.1) is 6.10 Å². The summed E-state index contributed by atoms with van der Waals surface area (Å²) >= 11 is 0. The maximum atomic E-state index is 13.0. The summed E-state index contributed by atoms with van der Waals surface area (Å²) in [4.78, 5) is 0. The standard InChI is InChI=1S/C23H38FNO/c1-2-3-4-5-6-7-19-8-10-21(11-9-19)18-26-23-14-12-20(13-15-23)16-22(24)17-25/h16,19-21,23H,2-15,18H2,1H3. The maximum Gasteiger partial charge on any atom is 0.196 e. The van der Waals surface area contributed by atoms with Gasteiger partial charge >= 0.3 is 0 Å². The Balaban J connectivity index is 1.52. The van der Waals surface area contributed by atoms with Crippen LogP contribution < -0.4 is 0 Å². The van der Waals surface area contributed by atoms with Gasteiger partial charge in [-0.2, -0.15) is 9.65 Å². The Morgan fingerprint density at radius 2 is 1.62 bits per heavy atom. The van der Waals surface area contributed by atoms with Crippen molar-refractivity contribution in [1.82, 2.24) is 0 Å². The highest BCUT2D eigenvalue weighted by molar-refractivity contribution is 5.13. The van der Waals surface area contributed by atoms with Crippen LogP contribution >= 0.6 is 0 Å². The zero-order valence-electron chi connectivity index (χ0n) is 16.7. The molecule has 0 bridgehead atoms. The zero-order valence-corrected chi connectivity index (χ0v) is 16.7. The summed E-state index contributed by atoms with van der Waals surface area (Å²) < 4.78 is 19.2. The van der Waals surface area contributed by atoms with Crippen LogP contribution in [0.2, 0.25) is 0 Å². The maximum absolute atomic E-state index is 13.0. The first-order valence-electron chi connectivity index (χ1n) is 11.1. The molecule has 2 nitrogen and oxygen atoms in total. The molecule has 2 saturated carbocycles. The summed E-state index contributed by atoms with van der Waals surface area (Å²) in [5, 5.41) is 8.53. The normalized spacial score (nSPS) is 30.1. The monoisotopic (exact) mass is 363 g/mol. The third-order valence-corrected chi connectivity index (χ3v) is 6.46. The minimum atomic E-state index is -0.628. The molecule has 0 N–H and O–H groups in total. The van der Waals surface area contributed by atoms with Crippen molar-refractivity contribution < 1.29 is 9.13 Å². The topological polar surface area (TPSA) is 33.0 Å². The number of allylic oxidation sites excluding steroid dienone is 2. The minimum absolute atomic E-state index is 0.224. The van der Waals surface area contributed by atoms with Crippen LogP contribution in [-0.4, -0.2) is 12.7 Å². The van der Waals surface area contributed by atoms with E-state index < -0.39 is 5.83 Å². The summed E-state index contributed by atoms with van der Waals surface area (Å²) in [5.74, 6) is 1.31. The lowest BCUT2D eigenvalue weighted by atomic mass is 9.80. The Labute approximate surface area is 160 Å². The number of unbranched alkanes of at least 4 members (excludes halogenated alkanes) is 4. The van der Waals surface area contributed by atoms with Crippen molar-refractivity contribution in [2.75, 3.05) is 6.61 Å². The molecule has 0 amide bonds. The smallest absolute Gasteiger partial charge is 0.196 e. The molecule has 26 heavy (non-hydrogen) atoms. The summed E-state index contributed by atoms with van der Waals surface area (Å²) in [5.41, 5.74) is 0. The van der Waals surface area contributed by atoms with Crippen LogP contribution in [0.15, 0.2) is 11.9 Å². The van der Waals surface area contributed by atoms with E-state index in [1.165, 1.54) is 70.3 Å². The molecule has 2 aliphatic rings. The lowest BCUT2D eigenvalue weighted by Gasteiger charge is -2.31. The molecule has 0 aliphatic heterocycles. The second kappa shape index (κ2) is 12.5. The second-order valence-corrected chi connectivity index (χ2v) is 8.59. The molecule has 2 fully saturated rings. The first kappa shape index (κ1) is 21.4. The zero-order chi connectivity index (χ0) is 18.6. The molecule has 0 aromatic heterocycles. The Morgan fingerprint density at radius 3 is 2.27 bits per heavy atom. The lowest BCUT2D eigenvalue weighted by Crippen LogP contribution is -2.25. The van der Waals surface area contributed by atoms with Gasteiger partial charge in [0.1, 0.15) is 6.07 Å². The van der Waals surface area contributed by atoms with Crippen LogP contribution in [0.25, 0.3) is 0 Å². The number of nitrogens with zero attached hydrogens (tertiary/aromatic N) is 1. The largest absolute Gasteiger partial charge is 0.378 e. The SMILES string of the molecule is CCCCCCCC1CCC(COC2CCC(C=C(F)C#N)CC2)CC1. The number of halogens is 1. The van der Waals surface area contributed by atoms with Crippen molar-refractivity contribution in [3.8, 4) is 6.07 Å². The van der Waals surface area contributed by atoms with Crippen molar-refractivity contribution in [2.24, 2.45) is 17.8 Å². The molecule has 0 aromatic carbocycles. The van der Waals surface area contributed by atoms with Crippen molar-refractivity contribution >= 4 is 0 Å². The van der Waals surface area contributed by atoms with Gasteiger partial charge in [-0.1, -0.05) is 58.3 Å². The quantitative estimate of drug-likeness (QED) is 0.306. The summed E-state index contributed by atoms with van der Waals surface area (Å²) in [6.07, 6.45) is 19.7.